The lowest BCUT2D eigenvalue weighted by atomic mass is 10.1. The Balaban J connectivity index is 0.000000511. The summed E-state index contributed by atoms with van der Waals surface area (Å²) in [7, 11) is 0. The van der Waals surface area contributed by atoms with Crippen LogP contribution in [-0.4, -0.2) is 26.5 Å². The fourth-order valence-electron chi connectivity index (χ4n) is 2.09. The smallest absolute Gasteiger partial charge is 0.493 e. The number of carboxylic acid groups (broad SMARTS) is 2. The van der Waals surface area contributed by atoms with Crippen molar-refractivity contribution in [3.63, 3.8) is 0 Å². The molecular formula is C17H14N4O4. The third-order valence-corrected chi connectivity index (χ3v) is 3.17. The molecule has 0 bridgehead atoms. The van der Waals surface area contributed by atoms with Crippen molar-refractivity contribution in [2.45, 2.75) is 6.92 Å². The Morgan fingerprint density at radius 1 is 1.12 bits per heavy atom. The Morgan fingerprint density at radius 3 is 2.36 bits per heavy atom. The van der Waals surface area contributed by atoms with Gasteiger partial charge in [-0.05, 0) is 43.3 Å². The number of nitrogens with one attached hydrogen (secondary N) is 1. The molecule has 1 heterocycles. The van der Waals surface area contributed by atoms with Gasteiger partial charge in [0.15, 0.2) is 5.69 Å². The quantitative estimate of drug-likeness (QED) is 0.501. The molecule has 126 valence electrons. The van der Waals surface area contributed by atoms with Gasteiger partial charge in [-0.15, -0.1) is 5.11 Å². The molecular weight excluding hydrogens is 324 g/mol. The van der Waals surface area contributed by atoms with Crippen molar-refractivity contribution in [2.24, 2.45) is 10.2 Å². The molecule has 8 nitrogen and oxygen atoms in total. The summed E-state index contributed by atoms with van der Waals surface area (Å²) >= 11 is 0. The average Bonchev–Trinajstić information content (AvgIpc) is 2.87. The first-order valence-corrected chi connectivity index (χ1v) is 7.06. The monoisotopic (exact) mass is 338 g/mol. The predicted molar refractivity (Wildman–Crippen MR) is 90.7 cm³/mol. The van der Waals surface area contributed by atoms with Gasteiger partial charge in [-0.25, -0.2) is 4.79 Å². The van der Waals surface area contributed by atoms with Crippen LogP contribution in [0.4, 0.5) is 16.2 Å². The largest absolute Gasteiger partial charge is 0.503 e. The van der Waals surface area contributed by atoms with Crippen molar-refractivity contribution < 1.29 is 20.1 Å². The normalized spacial score (nSPS) is 10.2. The lowest BCUT2D eigenvalue weighted by Crippen LogP contribution is -1.81. The second kappa shape index (κ2) is 7.61. The second-order valence-corrected chi connectivity index (χ2v) is 5.01. The molecule has 25 heavy (non-hydrogen) atoms. The number of nitrogens with zero attached hydrogens (tertiary/aromatic N) is 3. The minimum Gasteiger partial charge on any atom is -0.493 e. The van der Waals surface area contributed by atoms with Crippen LogP contribution in [0.3, 0.4) is 0 Å². The number of carbonyl (C=O) groups is 1. The van der Waals surface area contributed by atoms with Crippen LogP contribution in [0.5, 0.6) is 5.88 Å². The van der Waals surface area contributed by atoms with Crippen LogP contribution in [0, 0.1) is 18.3 Å². The molecule has 0 aliphatic rings. The number of nitriles is 1. The topological polar surface area (TPSA) is 142 Å². The summed E-state index contributed by atoms with van der Waals surface area (Å²) in [6.07, 6.45) is -1.83. The number of aromatic nitrogens is 1. The Hall–Kier alpha value is -3.86. The molecule has 3 aromatic rings. The first-order chi connectivity index (χ1) is 11.9. The molecule has 1 aromatic heterocycles. The second-order valence-electron chi connectivity index (χ2n) is 5.01. The molecule has 2 aromatic carbocycles. The summed E-state index contributed by atoms with van der Waals surface area (Å²) in [6.45, 7) is 1.98. The zero-order chi connectivity index (χ0) is 18.4. The van der Waals surface area contributed by atoms with Gasteiger partial charge in [0.25, 0.3) is 0 Å². The van der Waals surface area contributed by atoms with Crippen LogP contribution in [0.1, 0.15) is 11.1 Å². The lowest BCUT2D eigenvalue weighted by molar-refractivity contribution is 0.137. The van der Waals surface area contributed by atoms with Gasteiger partial charge in [0.05, 0.1) is 22.8 Å². The number of H-pyrrole nitrogens is 1. The van der Waals surface area contributed by atoms with Gasteiger partial charge in [-0.3, -0.25) is 0 Å². The van der Waals surface area contributed by atoms with Crippen LogP contribution in [-0.2, 0) is 0 Å². The van der Waals surface area contributed by atoms with Gasteiger partial charge in [-0.2, -0.15) is 10.4 Å². The Kier molecular flexibility index (Phi) is 5.32. The summed E-state index contributed by atoms with van der Waals surface area (Å²) in [5.41, 5.74) is 3.50. The van der Waals surface area contributed by atoms with Crippen LogP contribution in [0.2, 0.25) is 0 Å². The highest BCUT2D eigenvalue weighted by Gasteiger charge is 2.10. The maximum absolute atomic E-state index is 9.93. The lowest BCUT2D eigenvalue weighted by Gasteiger charge is -1.95. The number of aryl methyl sites for hydroxylation is 1. The molecule has 4 N–H and O–H groups in total. The molecule has 0 saturated carbocycles. The van der Waals surface area contributed by atoms with E-state index in [1.54, 1.807) is 24.3 Å². The summed E-state index contributed by atoms with van der Waals surface area (Å²) in [5.74, 6) is -0.00649. The third kappa shape index (κ3) is 4.56. The van der Waals surface area contributed by atoms with E-state index in [4.69, 9.17) is 20.3 Å². The van der Waals surface area contributed by atoms with E-state index < -0.39 is 6.16 Å². The number of hydrogen-bond donors (Lipinski definition) is 4. The van der Waals surface area contributed by atoms with Crippen LogP contribution in [0.15, 0.2) is 52.7 Å². The van der Waals surface area contributed by atoms with E-state index >= 15 is 0 Å². The number of hydrogen-bond acceptors (Lipinski definition) is 5. The van der Waals surface area contributed by atoms with Gasteiger partial charge in [0, 0.05) is 5.39 Å². The highest BCUT2D eigenvalue weighted by atomic mass is 16.6. The molecule has 0 radical (unpaired) electrons. The molecule has 0 atom stereocenters. The fourth-order valence-corrected chi connectivity index (χ4v) is 2.09. The molecule has 0 aliphatic carbocycles. The molecule has 0 fully saturated rings. The Labute approximate surface area is 142 Å². The molecule has 0 amide bonds. The minimum atomic E-state index is -1.83. The number of benzene rings is 2. The highest BCUT2D eigenvalue weighted by Crippen LogP contribution is 2.36. The van der Waals surface area contributed by atoms with Crippen molar-refractivity contribution in [1.29, 1.82) is 5.26 Å². The summed E-state index contributed by atoms with van der Waals surface area (Å²) < 4.78 is 0. The first kappa shape index (κ1) is 17.5. The maximum Gasteiger partial charge on any atom is 0.503 e. The maximum atomic E-state index is 9.93. The number of rotatable bonds is 2. The third-order valence-electron chi connectivity index (χ3n) is 3.17. The molecule has 0 unspecified atom stereocenters. The molecule has 8 heteroatoms. The van der Waals surface area contributed by atoms with Gasteiger partial charge < -0.3 is 20.3 Å². The van der Waals surface area contributed by atoms with E-state index in [0.29, 0.717) is 16.9 Å². The molecule has 0 aliphatic heterocycles. The molecule has 3 rings (SSSR count). The first-order valence-electron chi connectivity index (χ1n) is 7.06. The van der Waals surface area contributed by atoms with Crippen LogP contribution < -0.4 is 0 Å². The standard InChI is InChI=1S/C16H12N4O.CH2O3/c1-10-2-7-14-13(8-10)15(16(21)18-14)20-19-12-5-3-11(9-17)4-6-12;2-1(3)4/h2-8,18,21H,1H3;(H2,2,3,4). The van der Waals surface area contributed by atoms with Crippen LogP contribution in [0.25, 0.3) is 10.9 Å². The van der Waals surface area contributed by atoms with Crippen molar-refractivity contribution in [2.75, 3.05) is 0 Å². The minimum absolute atomic E-state index is 0.00649. The predicted octanol–water partition coefficient (Wildman–Crippen LogP) is 4.69. The molecule has 0 spiro atoms. The SMILES string of the molecule is Cc1ccc2[nH]c(O)c(N=Nc3ccc(C#N)cc3)c2c1.O=C(O)O. The van der Waals surface area contributed by atoms with Crippen molar-refractivity contribution in [3.05, 3.63) is 53.6 Å². The van der Waals surface area contributed by atoms with Gasteiger partial charge in [0.2, 0.25) is 5.88 Å². The number of aromatic hydroxyl groups is 1. The van der Waals surface area contributed by atoms with Gasteiger partial charge in [-0.1, -0.05) is 11.6 Å². The Bertz CT molecular complexity index is 965. The van der Waals surface area contributed by atoms with E-state index in [1.165, 1.54) is 0 Å². The number of azo groups is 1. The van der Waals surface area contributed by atoms with Crippen molar-refractivity contribution in [3.8, 4) is 11.9 Å². The average molecular weight is 338 g/mol. The fraction of sp³-hybridized carbons (Fsp3) is 0.0588. The van der Waals surface area contributed by atoms with E-state index in [2.05, 4.69) is 15.2 Å². The number of aromatic amines is 1. The Morgan fingerprint density at radius 2 is 1.76 bits per heavy atom. The summed E-state index contributed by atoms with van der Waals surface area (Å²) in [5, 5.41) is 41.7. The summed E-state index contributed by atoms with van der Waals surface area (Å²) in [6, 6.07) is 14.6. The molecule has 0 saturated heterocycles. The van der Waals surface area contributed by atoms with Crippen LogP contribution >= 0.6 is 0 Å². The van der Waals surface area contributed by atoms with E-state index in [-0.39, 0.29) is 5.88 Å². The van der Waals surface area contributed by atoms with Crippen molar-refractivity contribution in [1.82, 2.24) is 4.98 Å². The van der Waals surface area contributed by atoms with Crippen molar-refractivity contribution >= 4 is 28.4 Å². The number of fused-ring (bicyclic) bond motifs is 1. The van der Waals surface area contributed by atoms with E-state index in [1.807, 2.05) is 31.2 Å². The zero-order valence-corrected chi connectivity index (χ0v) is 13.1. The zero-order valence-electron chi connectivity index (χ0n) is 13.1. The van der Waals surface area contributed by atoms with E-state index in [0.717, 1.165) is 16.5 Å². The van der Waals surface area contributed by atoms with Gasteiger partial charge in [0.1, 0.15) is 0 Å². The van der Waals surface area contributed by atoms with E-state index in [9.17, 15) is 5.11 Å². The van der Waals surface area contributed by atoms with Gasteiger partial charge >= 0.3 is 6.16 Å². The summed E-state index contributed by atoms with van der Waals surface area (Å²) in [4.78, 5) is 11.4. The highest BCUT2D eigenvalue weighted by molar-refractivity contribution is 5.94.